The van der Waals surface area contributed by atoms with Gasteiger partial charge in [-0.15, -0.1) is 13.2 Å². The fourth-order valence-corrected chi connectivity index (χ4v) is 6.99. The van der Waals surface area contributed by atoms with E-state index >= 15 is 0 Å². The maximum absolute atomic E-state index is 13.2. The molecule has 4 unspecified atom stereocenters. The van der Waals surface area contributed by atoms with Gasteiger partial charge in [0.15, 0.2) is 0 Å². The van der Waals surface area contributed by atoms with Crippen LogP contribution in [0.3, 0.4) is 0 Å². The summed E-state index contributed by atoms with van der Waals surface area (Å²) in [5, 5.41) is 11.4. The van der Waals surface area contributed by atoms with E-state index in [2.05, 4.69) is 33.7 Å². The standard InChI is InChI=1S/C27H27F3N2O3S/c28-27(29,30)35-19-11-13-20(14-12-19)36(31,34)32-24-16-15-23(26(24)33)25-21-7-3-1-5-17(21)9-10-18-6-2-4-8-22(18)25/h1-8,11-14,23-26,33H,9-10,15-16H2,(H2,31,32,34). The quantitative estimate of drug-likeness (QED) is 0.415. The van der Waals surface area contributed by atoms with Crippen molar-refractivity contribution in [2.75, 3.05) is 0 Å². The largest absolute Gasteiger partial charge is 0.573 e. The number of halogens is 3. The summed E-state index contributed by atoms with van der Waals surface area (Å²) in [6.07, 6.45) is -2.64. The van der Waals surface area contributed by atoms with Crippen molar-refractivity contribution in [2.24, 2.45) is 5.92 Å². The lowest BCUT2D eigenvalue weighted by Crippen LogP contribution is -2.42. The summed E-state index contributed by atoms with van der Waals surface area (Å²) < 4.78 is 65.6. The Balaban J connectivity index is 1.39. The molecule has 0 bridgehead atoms. The number of aryl methyl sites for hydroxylation is 2. The predicted octanol–water partition coefficient (Wildman–Crippen LogP) is 5.57. The molecule has 1 saturated carbocycles. The van der Waals surface area contributed by atoms with E-state index in [4.69, 9.17) is 4.78 Å². The van der Waals surface area contributed by atoms with Crippen molar-refractivity contribution in [1.29, 1.82) is 4.78 Å². The van der Waals surface area contributed by atoms with Crippen molar-refractivity contribution >= 4 is 9.92 Å². The SMILES string of the molecule is N=S(=O)(NC1CCC(C2c3ccccc3CCc3ccccc32)C1O)c1ccc(OC(F)(F)F)cc1. The van der Waals surface area contributed by atoms with E-state index in [-0.39, 0.29) is 16.7 Å². The molecule has 0 aliphatic heterocycles. The Morgan fingerprint density at radius 2 is 1.44 bits per heavy atom. The van der Waals surface area contributed by atoms with Gasteiger partial charge >= 0.3 is 6.36 Å². The molecule has 1 fully saturated rings. The Morgan fingerprint density at radius 1 is 0.889 bits per heavy atom. The molecule has 0 saturated heterocycles. The van der Waals surface area contributed by atoms with Crippen molar-refractivity contribution in [3.05, 3.63) is 95.1 Å². The third-order valence-electron chi connectivity index (χ3n) is 7.24. The van der Waals surface area contributed by atoms with E-state index in [0.717, 1.165) is 25.0 Å². The zero-order valence-electron chi connectivity index (χ0n) is 19.4. The highest BCUT2D eigenvalue weighted by Crippen LogP contribution is 2.46. The molecule has 5 nitrogen and oxygen atoms in total. The van der Waals surface area contributed by atoms with E-state index in [1.54, 1.807) is 0 Å². The molecule has 2 aliphatic rings. The normalized spacial score (nSPS) is 23.8. The van der Waals surface area contributed by atoms with Crippen LogP contribution in [0.1, 0.15) is 41.0 Å². The molecule has 0 spiro atoms. The second-order valence-corrected chi connectivity index (χ2v) is 11.2. The van der Waals surface area contributed by atoms with Crippen LogP contribution in [0.25, 0.3) is 0 Å². The molecule has 5 rings (SSSR count). The third-order valence-corrected chi connectivity index (χ3v) is 8.81. The Labute approximate surface area is 208 Å². The summed E-state index contributed by atoms with van der Waals surface area (Å²) in [6, 6.07) is 20.4. The zero-order chi connectivity index (χ0) is 25.5. The number of ether oxygens (including phenoxy) is 1. The van der Waals surface area contributed by atoms with Crippen LogP contribution in [0.4, 0.5) is 13.2 Å². The monoisotopic (exact) mass is 516 g/mol. The average molecular weight is 517 g/mol. The lowest BCUT2D eigenvalue weighted by Gasteiger charge is -2.30. The highest BCUT2D eigenvalue weighted by atomic mass is 32.2. The summed E-state index contributed by atoms with van der Waals surface area (Å²) in [4.78, 5) is 0.0258. The summed E-state index contributed by atoms with van der Waals surface area (Å²) in [6.45, 7) is 0. The molecular weight excluding hydrogens is 489 g/mol. The molecule has 3 aromatic rings. The summed E-state index contributed by atoms with van der Waals surface area (Å²) >= 11 is 0. The first-order chi connectivity index (χ1) is 17.1. The van der Waals surface area contributed by atoms with Crippen LogP contribution in [-0.2, 0) is 22.8 Å². The van der Waals surface area contributed by atoms with Gasteiger partial charge in [0, 0.05) is 12.0 Å². The Hall–Kier alpha value is -2.88. The van der Waals surface area contributed by atoms with Crippen LogP contribution >= 0.6 is 0 Å². The Morgan fingerprint density at radius 3 is 2.00 bits per heavy atom. The van der Waals surface area contributed by atoms with Gasteiger partial charge in [0.1, 0.15) is 15.7 Å². The third kappa shape index (κ3) is 5.00. The van der Waals surface area contributed by atoms with E-state index in [1.165, 1.54) is 34.4 Å². The summed E-state index contributed by atoms with van der Waals surface area (Å²) in [5.41, 5.74) is 4.90. The van der Waals surface area contributed by atoms with Crippen molar-refractivity contribution in [1.82, 2.24) is 4.72 Å². The lowest BCUT2D eigenvalue weighted by molar-refractivity contribution is -0.274. The molecule has 190 valence electrons. The summed E-state index contributed by atoms with van der Waals surface area (Å²) in [5.74, 6) is -0.615. The minimum absolute atomic E-state index is 0.0257. The van der Waals surface area contributed by atoms with Gasteiger partial charge in [-0.05, 0) is 78.1 Å². The first kappa shape index (κ1) is 24.8. The van der Waals surface area contributed by atoms with Gasteiger partial charge < -0.3 is 9.84 Å². The van der Waals surface area contributed by atoms with E-state index in [9.17, 15) is 22.5 Å². The van der Waals surface area contributed by atoms with Crippen molar-refractivity contribution in [2.45, 2.75) is 55.0 Å². The fourth-order valence-electron chi connectivity index (χ4n) is 5.65. The number of hydrogen-bond acceptors (Lipinski definition) is 4. The second kappa shape index (κ2) is 9.53. The minimum Gasteiger partial charge on any atom is -0.406 e. The number of hydrogen-bond donors (Lipinski definition) is 3. The van der Waals surface area contributed by atoms with Crippen molar-refractivity contribution in [3.63, 3.8) is 0 Å². The topological polar surface area (TPSA) is 82.4 Å². The smallest absolute Gasteiger partial charge is 0.406 e. The number of rotatable bonds is 5. The van der Waals surface area contributed by atoms with Gasteiger partial charge in [0.25, 0.3) is 0 Å². The van der Waals surface area contributed by atoms with E-state index in [0.29, 0.717) is 12.8 Å². The van der Waals surface area contributed by atoms with Crippen molar-refractivity contribution in [3.8, 4) is 5.75 Å². The first-order valence-corrected chi connectivity index (χ1v) is 13.4. The second-order valence-electron chi connectivity index (χ2n) is 9.41. The van der Waals surface area contributed by atoms with Gasteiger partial charge in [0.2, 0.25) is 0 Å². The van der Waals surface area contributed by atoms with Crippen LogP contribution in [0, 0.1) is 10.7 Å². The highest BCUT2D eigenvalue weighted by molar-refractivity contribution is 7.90. The maximum Gasteiger partial charge on any atom is 0.573 e. The van der Waals surface area contributed by atoms with Crippen molar-refractivity contribution < 1.29 is 27.2 Å². The molecule has 0 aromatic heterocycles. The molecule has 0 amide bonds. The number of nitrogens with one attached hydrogen (secondary N) is 2. The zero-order valence-corrected chi connectivity index (χ0v) is 20.2. The Bertz CT molecular complexity index is 1300. The molecular formula is C27H27F3N2O3S. The lowest BCUT2D eigenvalue weighted by atomic mass is 9.77. The van der Waals surface area contributed by atoms with E-state index in [1.807, 2.05) is 24.3 Å². The minimum atomic E-state index is -4.83. The molecule has 9 heteroatoms. The van der Waals surface area contributed by atoms with Crippen LogP contribution in [0.15, 0.2) is 77.7 Å². The number of aliphatic hydroxyl groups is 1. The molecule has 3 aromatic carbocycles. The van der Waals surface area contributed by atoms with Crippen LogP contribution in [-0.4, -0.2) is 27.8 Å². The van der Waals surface area contributed by atoms with Crippen LogP contribution < -0.4 is 9.46 Å². The van der Waals surface area contributed by atoms with Gasteiger partial charge in [0.05, 0.1) is 11.0 Å². The number of fused-ring (bicyclic) bond motifs is 2. The molecule has 0 heterocycles. The maximum atomic E-state index is 13.2. The molecule has 0 radical (unpaired) electrons. The number of aliphatic hydroxyl groups excluding tert-OH is 1. The predicted molar refractivity (Wildman–Crippen MR) is 130 cm³/mol. The fraction of sp³-hybridized carbons (Fsp3) is 0.333. The van der Waals surface area contributed by atoms with Gasteiger partial charge in [-0.3, -0.25) is 0 Å². The molecule has 3 N–H and O–H groups in total. The Kier molecular flexibility index (Phi) is 6.57. The first-order valence-electron chi connectivity index (χ1n) is 11.9. The van der Waals surface area contributed by atoms with Gasteiger partial charge in [-0.25, -0.2) is 13.7 Å². The van der Waals surface area contributed by atoms with Gasteiger partial charge in [-0.1, -0.05) is 48.5 Å². The number of benzene rings is 3. The van der Waals surface area contributed by atoms with E-state index < -0.39 is 34.2 Å². The van der Waals surface area contributed by atoms with Gasteiger partial charge in [-0.2, -0.15) is 0 Å². The summed E-state index contributed by atoms with van der Waals surface area (Å²) in [7, 11) is -3.57. The molecule has 2 aliphatic carbocycles. The average Bonchev–Trinajstić information content (AvgIpc) is 3.08. The number of alkyl halides is 3. The van der Waals surface area contributed by atoms with Crippen LogP contribution in [0.2, 0.25) is 0 Å². The molecule has 4 atom stereocenters. The van der Waals surface area contributed by atoms with Crippen LogP contribution in [0.5, 0.6) is 5.75 Å². The molecule has 36 heavy (non-hydrogen) atoms. The highest BCUT2D eigenvalue weighted by Gasteiger charge is 2.43.